The number of carbonyl (C=O) groups excluding carboxylic acids is 2. The first-order valence-electron chi connectivity index (χ1n) is 8.82. The molecule has 1 atom stereocenters. The maximum Gasteiger partial charge on any atom is 0.418 e. The van der Waals surface area contributed by atoms with Crippen LogP contribution in [0.3, 0.4) is 0 Å². The van der Waals surface area contributed by atoms with Crippen LogP contribution in [0.4, 0.5) is 24.5 Å². The molecule has 1 aromatic heterocycles. The molecular weight excluding hydrogens is 427 g/mol. The van der Waals surface area contributed by atoms with Crippen molar-refractivity contribution in [3.05, 3.63) is 47.9 Å². The van der Waals surface area contributed by atoms with E-state index in [0.29, 0.717) is 0 Å². The average Bonchev–Trinajstić information content (AvgIpc) is 3.29. The maximum atomic E-state index is 13.4. The molecule has 30 heavy (non-hydrogen) atoms. The number of hydrogen-bond acceptors (Lipinski definition) is 6. The minimum Gasteiger partial charge on any atom is -0.472 e. The summed E-state index contributed by atoms with van der Waals surface area (Å²) in [6, 6.07) is 3.93. The highest BCUT2D eigenvalue weighted by molar-refractivity contribution is 7.91. The number of amides is 2. The van der Waals surface area contributed by atoms with Crippen molar-refractivity contribution in [2.45, 2.75) is 18.6 Å². The fourth-order valence-corrected chi connectivity index (χ4v) is 4.64. The Morgan fingerprint density at radius 3 is 2.57 bits per heavy atom. The van der Waals surface area contributed by atoms with E-state index in [-0.39, 0.29) is 34.9 Å². The van der Waals surface area contributed by atoms with Gasteiger partial charge in [0.25, 0.3) is 5.91 Å². The summed E-state index contributed by atoms with van der Waals surface area (Å²) in [4.78, 5) is 24.0. The van der Waals surface area contributed by atoms with E-state index in [2.05, 4.69) is 16.0 Å². The van der Waals surface area contributed by atoms with Gasteiger partial charge in [0.2, 0.25) is 5.91 Å². The van der Waals surface area contributed by atoms with Crippen LogP contribution >= 0.6 is 0 Å². The number of carbonyl (C=O) groups is 2. The summed E-state index contributed by atoms with van der Waals surface area (Å²) < 4.78 is 67.9. The molecule has 162 valence electrons. The maximum absolute atomic E-state index is 13.4. The number of sulfone groups is 1. The standard InChI is InChI=1S/C18H18F3N3O5S/c19-18(20,21)14-7-12(24-17(26)11-3-5-29-9-11)1-2-15(14)22-8-16(25)23-13-4-6-30(27,28)10-13/h1-3,5,7,9,13,22H,4,6,8,10H2,(H,23,25)(H,24,26). The smallest absolute Gasteiger partial charge is 0.418 e. The molecule has 2 heterocycles. The van der Waals surface area contributed by atoms with E-state index >= 15 is 0 Å². The molecule has 3 rings (SSSR count). The molecule has 1 unspecified atom stereocenters. The summed E-state index contributed by atoms with van der Waals surface area (Å²) in [7, 11) is -3.19. The van der Waals surface area contributed by atoms with Gasteiger partial charge < -0.3 is 20.4 Å². The van der Waals surface area contributed by atoms with E-state index in [1.165, 1.54) is 18.4 Å². The number of rotatable bonds is 6. The number of halogens is 3. The Morgan fingerprint density at radius 2 is 1.97 bits per heavy atom. The van der Waals surface area contributed by atoms with Crippen LogP contribution in [-0.2, 0) is 20.8 Å². The van der Waals surface area contributed by atoms with Gasteiger partial charge in [0.15, 0.2) is 9.84 Å². The first-order valence-corrected chi connectivity index (χ1v) is 10.6. The molecule has 2 aromatic rings. The van der Waals surface area contributed by atoms with Crippen LogP contribution in [0.1, 0.15) is 22.3 Å². The van der Waals surface area contributed by atoms with Gasteiger partial charge in [0.05, 0.1) is 35.4 Å². The molecule has 8 nitrogen and oxygen atoms in total. The molecule has 0 aliphatic carbocycles. The monoisotopic (exact) mass is 445 g/mol. The lowest BCUT2D eigenvalue weighted by Gasteiger charge is -2.17. The lowest BCUT2D eigenvalue weighted by atomic mass is 10.1. The minimum atomic E-state index is -4.74. The van der Waals surface area contributed by atoms with Crippen molar-refractivity contribution in [3.8, 4) is 0 Å². The fourth-order valence-electron chi connectivity index (χ4n) is 2.97. The molecule has 0 bridgehead atoms. The molecule has 0 saturated carbocycles. The molecule has 0 radical (unpaired) electrons. The summed E-state index contributed by atoms with van der Waals surface area (Å²) in [5, 5.41) is 7.24. The number of anilines is 2. The topological polar surface area (TPSA) is 118 Å². The zero-order valence-corrected chi connectivity index (χ0v) is 16.3. The van der Waals surface area contributed by atoms with E-state index in [1.54, 1.807) is 0 Å². The number of furan rings is 1. The third-order valence-corrected chi connectivity index (χ3v) is 6.17. The second kappa shape index (κ2) is 8.38. The van der Waals surface area contributed by atoms with E-state index < -0.39 is 46.0 Å². The molecule has 0 spiro atoms. The molecule has 1 aliphatic rings. The lowest BCUT2D eigenvalue weighted by molar-refractivity contribution is -0.137. The lowest BCUT2D eigenvalue weighted by Crippen LogP contribution is -2.39. The number of alkyl halides is 3. The average molecular weight is 445 g/mol. The SMILES string of the molecule is O=C(CNc1ccc(NC(=O)c2ccoc2)cc1C(F)(F)F)NC1CCS(=O)(=O)C1. The Kier molecular flexibility index (Phi) is 6.06. The van der Waals surface area contributed by atoms with Crippen LogP contribution in [0.2, 0.25) is 0 Å². The van der Waals surface area contributed by atoms with Gasteiger partial charge in [-0.2, -0.15) is 13.2 Å². The van der Waals surface area contributed by atoms with Gasteiger partial charge in [-0.25, -0.2) is 8.42 Å². The largest absolute Gasteiger partial charge is 0.472 e. The second-order valence-electron chi connectivity index (χ2n) is 6.75. The molecule has 2 amide bonds. The van der Waals surface area contributed by atoms with Crippen LogP contribution in [0.25, 0.3) is 0 Å². The first-order chi connectivity index (χ1) is 14.0. The quantitative estimate of drug-likeness (QED) is 0.628. The van der Waals surface area contributed by atoms with E-state index in [1.807, 2.05) is 0 Å². The molecule has 12 heteroatoms. The van der Waals surface area contributed by atoms with Gasteiger partial charge in [-0.3, -0.25) is 9.59 Å². The molecule has 1 aliphatic heterocycles. The van der Waals surface area contributed by atoms with Crippen molar-refractivity contribution >= 4 is 33.0 Å². The Labute approximate surface area is 169 Å². The molecule has 3 N–H and O–H groups in total. The predicted octanol–water partition coefficient (Wildman–Crippen LogP) is 2.27. The first kappa shape index (κ1) is 21.7. The molecule has 1 aromatic carbocycles. The van der Waals surface area contributed by atoms with Gasteiger partial charge in [0.1, 0.15) is 6.26 Å². The third-order valence-electron chi connectivity index (χ3n) is 4.40. The number of nitrogens with one attached hydrogen (secondary N) is 3. The van der Waals surface area contributed by atoms with Gasteiger partial charge in [-0.1, -0.05) is 0 Å². The van der Waals surface area contributed by atoms with E-state index in [0.717, 1.165) is 18.4 Å². The molecule has 1 fully saturated rings. The van der Waals surface area contributed by atoms with Crippen molar-refractivity contribution in [1.82, 2.24) is 5.32 Å². The van der Waals surface area contributed by atoms with Crippen molar-refractivity contribution in [3.63, 3.8) is 0 Å². The summed E-state index contributed by atoms with van der Waals surface area (Å²) in [5.41, 5.74) is -1.35. The highest BCUT2D eigenvalue weighted by Crippen LogP contribution is 2.36. The Morgan fingerprint density at radius 1 is 1.20 bits per heavy atom. The van der Waals surface area contributed by atoms with Crippen LogP contribution in [-0.4, -0.2) is 44.3 Å². The van der Waals surface area contributed by atoms with Crippen LogP contribution in [0.5, 0.6) is 0 Å². The third kappa shape index (κ3) is 5.53. The van der Waals surface area contributed by atoms with Crippen molar-refractivity contribution < 1.29 is 35.6 Å². The summed E-state index contributed by atoms with van der Waals surface area (Å²) in [6.07, 6.45) is -2.05. The zero-order valence-electron chi connectivity index (χ0n) is 15.5. The fraction of sp³-hybridized carbons (Fsp3) is 0.333. The summed E-state index contributed by atoms with van der Waals surface area (Å²) in [6.45, 7) is -0.472. The minimum absolute atomic E-state index is 0.0321. The highest BCUT2D eigenvalue weighted by Gasteiger charge is 2.34. The van der Waals surface area contributed by atoms with E-state index in [4.69, 9.17) is 4.42 Å². The van der Waals surface area contributed by atoms with E-state index in [9.17, 15) is 31.2 Å². The Hall–Kier alpha value is -3.02. The van der Waals surface area contributed by atoms with Gasteiger partial charge in [0, 0.05) is 17.4 Å². The van der Waals surface area contributed by atoms with Crippen LogP contribution in [0, 0.1) is 0 Å². The second-order valence-corrected chi connectivity index (χ2v) is 8.97. The van der Waals surface area contributed by atoms with Crippen LogP contribution in [0.15, 0.2) is 41.2 Å². The predicted molar refractivity (Wildman–Crippen MR) is 102 cm³/mol. The highest BCUT2D eigenvalue weighted by atomic mass is 32.2. The van der Waals surface area contributed by atoms with Crippen molar-refractivity contribution in [2.75, 3.05) is 28.7 Å². The van der Waals surface area contributed by atoms with Gasteiger partial charge in [-0.05, 0) is 30.7 Å². The Bertz CT molecular complexity index is 1040. The van der Waals surface area contributed by atoms with Gasteiger partial charge >= 0.3 is 6.18 Å². The normalized spacial score (nSPS) is 18.0. The summed E-state index contributed by atoms with van der Waals surface area (Å²) in [5.74, 6) is -1.47. The summed E-state index contributed by atoms with van der Waals surface area (Å²) >= 11 is 0. The van der Waals surface area contributed by atoms with Crippen molar-refractivity contribution in [1.29, 1.82) is 0 Å². The molecular formula is C18H18F3N3O5S. The van der Waals surface area contributed by atoms with Crippen molar-refractivity contribution in [2.24, 2.45) is 0 Å². The Balaban J connectivity index is 1.66. The van der Waals surface area contributed by atoms with Crippen LogP contribution < -0.4 is 16.0 Å². The van der Waals surface area contributed by atoms with Gasteiger partial charge in [-0.15, -0.1) is 0 Å². The number of hydrogen-bond donors (Lipinski definition) is 3. The number of benzene rings is 1. The molecule has 1 saturated heterocycles. The zero-order chi connectivity index (χ0) is 21.9.